The van der Waals surface area contributed by atoms with E-state index in [2.05, 4.69) is 15.3 Å². The topological polar surface area (TPSA) is 57.8 Å². The first-order chi connectivity index (χ1) is 9.74. The number of nitrogens with zero attached hydrogens (tertiary/aromatic N) is 1. The van der Waals surface area contributed by atoms with Gasteiger partial charge >= 0.3 is 0 Å². The van der Waals surface area contributed by atoms with Gasteiger partial charge in [-0.05, 0) is 29.8 Å². The number of fused-ring (bicyclic) bond motifs is 1. The Morgan fingerprint density at radius 3 is 3.05 bits per heavy atom. The summed E-state index contributed by atoms with van der Waals surface area (Å²) in [4.78, 5) is 19.3. The fourth-order valence-corrected chi connectivity index (χ4v) is 2.23. The van der Waals surface area contributed by atoms with Gasteiger partial charge in [-0.15, -0.1) is 0 Å². The van der Waals surface area contributed by atoms with E-state index in [1.807, 2.05) is 18.2 Å². The van der Waals surface area contributed by atoms with E-state index in [0.29, 0.717) is 17.1 Å². The minimum absolute atomic E-state index is 0.137. The van der Waals surface area contributed by atoms with Crippen LogP contribution in [-0.2, 0) is 6.54 Å². The molecule has 0 spiro atoms. The van der Waals surface area contributed by atoms with Crippen LogP contribution in [0.5, 0.6) is 0 Å². The molecule has 0 atom stereocenters. The second kappa shape index (κ2) is 5.35. The monoisotopic (exact) mass is 285 g/mol. The van der Waals surface area contributed by atoms with Gasteiger partial charge in [0.05, 0.1) is 5.56 Å². The summed E-state index contributed by atoms with van der Waals surface area (Å²) in [5, 5.41) is 4.30. The normalized spacial score (nSPS) is 10.7. The number of hydrogen-bond acceptors (Lipinski definition) is 2. The highest BCUT2D eigenvalue weighted by Crippen LogP contribution is 2.22. The lowest BCUT2D eigenvalue weighted by Gasteiger charge is -2.04. The van der Waals surface area contributed by atoms with E-state index in [-0.39, 0.29) is 5.91 Å². The van der Waals surface area contributed by atoms with E-state index < -0.39 is 0 Å². The van der Waals surface area contributed by atoms with Crippen molar-refractivity contribution in [3.63, 3.8) is 0 Å². The van der Waals surface area contributed by atoms with Crippen molar-refractivity contribution in [2.24, 2.45) is 0 Å². The van der Waals surface area contributed by atoms with Crippen LogP contribution >= 0.6 is 11.6 Å². The predicted octanol–water partition coefficient (Wildman–Crippen LogP) is 3.15. The number of aromatic amines is 1. The number of H-pyrrole nitrogens is 1. The van der Waals surface area contributed by atoms with Crippen molar-refractivity contribution in [1.29, 1.82) is 0 Å². The third-order valence-electron chi connectivity index (χ3n) is 3.06. The fourth-order valence-electron chi connectivity index (χ4n) is 2.06. The van der Waals surface area contributed by atoms with Crippen molar-refractivity contribution >= 4 is 28.4 Å². The first kappa shape index (κ1) is 12.7. The summed E-state index contributed by atoms with van der Waals surface area (Å²) in [7, 11) is 0. The standard InChI is InChI=1S/C15H12ClN3O/c16-11-3-4-14-12(6-11)13(9-18-14)15(20)19-8-10-2-1-5-17-7-10/h1-7,9,18H,8H2,(H,19,20). The molecule has 2 N–H and O–H groups in total. The summed E-state index contributed by atoms with van der Waals surface area (Å²) in [5.41, 5.74) is 2.44. The van der Waals surface area contributed by atoms with E-state index in [1.165, 1.54) is 0 Å². The van der Waals surface area contributed by atoms with Crippen LogP contribution < -0.4 is 5.32 Å². The zero-order chi connectivity index (χ0) is 13.9. The zero-order valence-electron chi connectivity index (χ0n) is 10.6. The van der Waals surface area contributed by atoms with Crippen molar-refractivity contribution in [2.75, 3.05) is 0 Å². The van der Waals surface area contributed by atoms with Crippen LogP contribution in [0.25, 0.3) is 10.9 Å². The van der Waals surface area contributed by atoms with Gasteiger partial charge in [-0.25, -0.2) is 0 Å². The van der Waals surface area contributed by atoms with Crippen molar-refractivity contribution < 1.29 is 4.79 Å². The molecule has 5 heteroatoms. The number of hydrogen-bond donors (Lipinski definition) is 2. The van der Waals surface area contributed by atoms with Gasteiger partial charge in [-0.3, -0.25) is 9.78 Å². The highest BCUT2D eigenvalue weighted by molar-refractivity contribution is 6.31. The van der Waals surface area contributed by atoms with Gasteiger partial charge in [0.15, 0.2) is 0 Å². The van der Waals surface area contributed by atoms with E-state index >= 15 is 0 Å². The molecule has 0 fully saturated rings. The maximum atomic E-state index is 12.2. The van der Waals surface area contributed by atoms with Gasteiger partial charge in [0, 0.05) is 41.1 Å². The van der Waals surface area contributed by atoms with E-state index in [0.717, 1.165) is 16.5 Å². The van der Waals surface area contributed by atoms with Crippen LogP contribution in [-0.4, -0.2) is 15.9 Å². The molecule has 100 valence electrons. The summed E-state index contributed by atoms with van der Waals surface area (Å²) in [6, 6.07) is 9.19. The number of nitrogens with one attached hydrogen (secondary N) is 2. The second-order valence-electron chi connectivity index (χ2n) is 4.44. The van der Waals surface area contributed by atoms with Crippen LogP contribution in [0, 0.1) is 0 Å². The Bertz CT molecular complexity index is 752. The number of pyridine rings is 1. The quantitative estimate of drug-likeness (QED) is 0.777. The summed E-state index contributed by atoms with van der Waals surface area (Å²) in [6.07, 6.45) is 5.12. The molecule has 0 saturated heterocycles. The summed E-state index contributed by atoms with van der Waals surface area (Å²) < 4.78 is 0. The Morgan fingerprint density at radius 1 is 1.35 bits per heavy atom. The Labute approximate surface area is 120 Å². The lowest BCUT2D eigenvalue weighted by molar-refractivity contribution is 0.0952. The van der Waals surface area contributed by atoms with Crippen molar-refractivity contribution in [3.05, 3.63) is 65.1 Å². The van der Waals surface area contributed by atoms with Crippen molar-refractivity contribution in [2.45, 2.75) is 6.54 Å². The maximum Gasteiger partial charge on any atom is 0.253 e. The molecule has 0 aliphatic rings. The van der Waals surface area contributed by atoms with Gasteiger partial charge in [0.1, 0.15) is 0 Å². The molecular weight excluding hydrogens is 274 g/mol. The Balaban J connectivity index is 1.80. The van der Waals surface area contributed by atoms with Crippen LogP contribution in [0.1, 0.15) is 15.9 Å². The van der Waals surface area contributed by atoms with Crippen LogP contribution in [0.3, 0.4) is 0 Å². The third-order valence-corrected chi connectivity index (χ3v) is 3.30. The lowest BCUT2D eigenvalue weighted by Crippen LogP contribution is -2.22. The highest BCUT2D eigenvalue weighted by atomic mass is 35.5. The molecule has 3 rings (SSSR count). The lowest BCUT2D eigenvalue weighted by atomic mass is 10.1. The molecule has 3 aromatic rings. The smallest absolute Gasteiger partial charge is 0.253 e. The number of halogens is 1. The number of rotatable bonds is 3. The molecule has 0 radical (unpaired) electrons. The zero-order valence-corrected chi connectivity index (χ0v) is 11.3. The van der Waals surface area contributed by atoms with E-state index in [4.69, 9.17) is 11.6 Å². The maximum absolute atomic E-state index is 12.2. The van der Waals surface area contributed by atoms with Gasteiger partial charge in [0.2, 0.25) is 0 Å². The molecule has 1 aromatic carbocycles. The van der Waals surface area contributed by atoms with Gasteiger partial charge < -0.3 is 10.3 Å². The molecule has 1 amide bonds. The molecule has 20 heavy (non-hydrogen) atoms. The first-order valence-electron chi connectivity index (χ1n) is 6.18. The molecule has 2 heterocycles. The average molecular weight is 286 g/mol. The summed E-state index contributed by atoms with van der Waals surface area (Å²) >= 11 is 5.97. The van der Waals surface area contributed by atoms with Crippen LogP contribution in [0.2, 0.25) is 5.02 Å². The second-order valence-corrected chi connectivity index (χ2v) is 4.87. The molecule has 0 unspecified atom stereocenters. The van der Waals surface area contributed by atoms with E-state index in [9.17, 15) is 4.79 Å². The highest BCUT2D eigenvalue weighted by Gasteiger charge is 2.11. The SMILES string of the molecule is O=C(NCc1cccnc1)c1c[nH]c2ccc(Cl)cc12. The summed E-state index contributed by atoms with van der Waals surface area (Å²) in [5.74, 6) is -0.137. The largest absolute Gasteiger partial charge is 0.360 e. The number of benzene rings is 1. The Morgan fingerprint density at radius 2 is 2.25 bits per heavy atom. The fraction of sp³-hybridized carbons (Fsp3) is 0.0667. The molecule has 4 nitrogen and oxygen atoms in total. The number of aromatic nitrogens is 2. The first-order valence-corrected chi connectivity index (χ1v) is 6.55. The van der Waals surface area contributed by atoms with Crippen molar-refractivity contribution in [3.8, 4) is 0 Å². The van der Waals surface area contributed by atoms with E-state index in [1.54, 1.807) is 30.7 Å². The molecule has 0 saturated carbocycles. The molecule has 0 bridgehead atoms. The number of carbonyl (C=O) groups is 1. The Kier molecular flexibility index (Phi) is 3.39. The summed E-state index contributed by atoms with van der Waals surface area (Å²) in [6.45, 7) is 0.444. The van der Waals surface area contributed by atoms with Crippen molar-refractivity contribution in [1.82, 2.24) is 15.3 Å². The molecule has 2 aromatic heterocycles. The third kappa shape index (κ3) is 2.51. The minimum atomic E-state index is -0.137. The number of amides is 1. The predicted molar refractivity (Wildman–Crippen MR) is 78.7 cm³/mol. The van der Waals surface area contributed by atoms with Gasteiger partial charge in [-0.1, -0.05) is 17.7 Å². The van der Waals surface area contributed by atoms with Crippen LogP contribution in [0.4, 0.5) is 0 Å². The average Bonchev–Trinajstić information content (AvgIpc) is 2.89. The molecule has 0 aliphatic carbocycles. The van der Waals surface area contributed by atoms with Crippen LogP contribution in [0.15, 0.2) is 48.9 Å². The molecular formula is C15H12ClN3O. The molecule has 0 aliphatic heterocycles. The Hall–Kier alpha value is -2.33. The minimum Gasteiger partial charge on any atom is -0.360 e. The van der Waals surface area contributed by atoms with Gasteiger partial charge in [-0.2, -0.15) is 0 Å². The number of carbonyl (C=O) groups excluding carboxylic acids is 1. The van der Waals surface area contributed by atoms with Gasteiger partial charge in [0.25, 0.3) is 5.91 Å².